The number of hydrogen-bond acceptors (Lipinski definition) is 5. The van der Waals surface area contributed by atoms with E-state index in [0.29, 0.717) is 6.04 Å². The van der Waals surface area contributed by atoms with Crippen molar-refractivity contribution in [1.82, 2.24) is 19.7 Å². The van der Waals surface area contributed by atoms with Crippen molar-refractivity contribution in [3.05, 3.63) is 20.9 Å². The molecule has 0 aromatic carbocycles. The van der Waals surface area contributed by atoms with Gasteiger partial charge in [-0.3, -0.25) is 4.57 Å². The van der Waals surface area contributed by atoms with Crippen molar-refractivity contribution < 1.29 is 0 Å². The number of aromatic amines is 1. The summed E-state index contributed by atoms with van der Waals surface area (Å²) < 4.78 is 2.85. The number of rotatable bonds is 4. The molecule has 1 aliphatic rings. The first kappa shape index (κ1) is 11.9. The number of anilines is 1. The summed E-state index contributed by atoms with van der Waals surface area (Å²) in [5.41, 5.74) is 2.98. The molecular weight excluding hydrogens is 266 g/mol. The number of nitrogens with zero attached hydrogens (tertiary/aromatic N) is 4. The highest BCUT2D eigenvalue weighted by molar-refractivity contribution is 7.71. The van der Waals surface area contributed by atoms with Gasteiger partial charge in [0.15, 0.2) is 4.77 Å². The molecule has 2 heterocycles. The number of aryl methyl sites for hydroxylation is 1. The van der Waals surface area contributed by atoms with Crippen molar-refractivity contribution in [3.63, 3.8) is 0 Å². The van der Waals surface area contributed by atoms with Gasteiger partial charge < -0.3 is 4.90 Å². The first-order valence-corrected chi connectivity index (χ1v) is 7.22. The van der Waals surface area contributed by atoms with Crippen LogP contribution < -0.4 is 4.90 Å². The Hall–Kier alpha value is -1.21. The standard InChI is InChI=1S/C11H15N5S2/c1-7-9(18-6-12-7)5-15(2)10-13-14-11(17)16(10)8-3-4-8/h6,8H,3-5H2,1-2H3,(H,14,17). The molecule has 0 saturated heterocycles. The van der Waals surface area contributed by atoms with E-state index in [1.54, 1.807) is 11.3 Å². The third kappa shape index (κ3) is 2.08. The minimum absolute atomic E-state index is 0.538. The highest BCUT2D eigenvalue weighted by atomic mass is 32.1. The van der Waals surface area contributed by atoms with E-state index >= 15 is 0 Å². The van der Waals surface area contributed by atoms with Crippen LogP contribution in [-0.2, 0) is 6.54 Å². The zero-order valence-electron chi connectivity index (χ0n) is 10.4. The lowest BCUT2D eigenvalue weighted by Crippen LogP contribution is -2.20. The molecule has 0 bridgehead atoms. The van der Waals surface area contributed by atoms with E-state index < -0.39 is 0 Å². The summed E-state index contributed by atoms with van der Waals surface area (Å²) in [6.07, 6.45) is 2.41. The fourth-order valence-electron chi connectivity index (χ4n) is 1.99. The van der Waals surface area contributed by atoms with E-state index in [4.69, 9.17) is 12.2 Å². The zero-order chi connectivity index (χ0) is 12.7. The lowest BCUT2D eigenvalue weighted by molar-refractivity contribution is 0.701. The zero-order valence-corrected chi connectivity index (χ0v) is 12.0. The molecule has 2 aromatic rings. The molecule has 0 atom stereocenters. The van der Waals surface area contributed by atoms with Gasteiger partial charge in [-0.1, -0.05) is 0 Å². The Bertz CT molecular complexity index is 607. The Labute approximate surface area is 114 Å². The van der Waals surface area contributed by atoms with Crippen molar-refractivity contribution in [1.29, 1.82) is 0 Å². The van der Waals surface area contributed by atoms with Crippen molar-refractivity contribution in [2.24, 2.45) is 0 Å². The van der Waals surface area contributed by atoms with Crippen LogP contribution in [-0.4, -0.2) is 26.8 Å². The summed E-state index contributed by atoms with van der Waals surface area (Å²) in [5.74, 6) is 0.926. The van der Waals surface area contributed by atoms with Crippen molar-refractivity contribution >= 4 is 29.5 Å². The molecule has 0 spiro atoms. The summed E-state index contributed by atoms with van der Waals surface area (Å²) in [5, 5.41) is 7.24. The molecule has 3 rings (SSSR count). The quantitative estimate of drug-likeness (QED) is 0.875. The van der Waals surface area contributed by atoms with E-state index in [1.807, 2.05) is 19.5 Å². The van der Waals surface area contributed by atoms with Crippen molar-refractivity contribution in [2.75, 3.05) is 11.9 Å². The van der Waals surface area contributed by atoms with Crippen LogP contribution in [0.25, 0.3) is 0 Å². The minimum atomic E-state index is 0.538. The van der Waals surface area contributed by atoms with Crippen LogP contribution in [0.5, 0.6) is 0 Å². The molecule has 0 radical (unpaired) electrons. The van der Waals surface area contributed by atoms with Gasteiger partial charge in [-0.15, -0.1) is 16.4 Å². The van der Waals surface area contributed by atoms with Crippen LogP contribution >= 0.6 is 23.6 Å². The summed E-state index contributed by atoms with van der Waals surface area (Å²) in [7, 11) is 2.04. The van der Waals surface area contributed by atoms with Gasteiger partial charge in [-0.05, 0) is 32.0 Å². The minimum Gasteiger partial charge on any atom is -0.339 e. The summed E-state index contributed by atoms with van der Waals surface area (Å²) in [6.45, 7) is 2.86. The monoisotopic (exact) mass is 281 g/mol. The van der Waals surface area contributed by atoms with E-state index in [9.17, 15) is 0 Å². The Morgan fingerprint density at radius 1 is 1.61 bits per heavy atom. The van der Waals surface area contributed by atoms with E-state index in [1.165, 1.54) is 17.7 Å². The second-order valence-electron chi connectivity index (χ2n) is 4.65. The molecule has 0 aliphatic heterocycles. The Kier molecular flexibility index (Phi) is 2.95. The number of hydrogen-bond donors (Lipinski definition) is 1. The molecule has 1 N–H and O–H groups in total. The Morgan fingerprint density at radius 2 is 2.39 bits per heavy atom. The van der Waals surface area contributed by atoms with Gasteiger partial charge in [0.2, 0.25) is 5.95 Å². The van der Waals surface area contributed by atoms with Crippen molar-refractivity contribution in [2.45, 2.75) is 32.4 Å². The average Bonchev–Trinajstić information content (AvgIpc) is 2.99. The number of nitrogens with one attached hydrogen (secondary N) is 1. The predicted molar refractivity (Wildman–Crippen MR) is 74.6 cm³/mol. The predicted octanol–water partition coefficient (Wildman–Crippen LogP) is 2.68. The fourth-order valence-corrected chi connectivity index (χ4v) is 3.10. The van der Waals surface area contributed by atoms with Crippen LogP contribution in [0.15, 0.2) is 5.51 Å². The molecule has 96 valence electrons. The van der Waals surface area contributed by atoms with Gasteiger partial charge >= 0.3 is 0 Å². The molecule has 2 aromatic heterocycles. The number of thiazole rings is 1. The molecule has 0 unspecified atom stereocenters. The average molecular weight is 281 g/mol. The molecular formula is C11H15N5S2. The maximum atomic E-state index is 5.29. The Balaban J connectivity index is 1.86. The van der Waals surface area contributed by atoms with Gasteiger partial charge in [0, 0.05) is 18.0 Å². The molecule has 7 heteroatoms. The lowest BCUT2D eigenvalue weighted by atomic mass is 10.4. The highest BCUT2D eigenvalue weighted by Gasteiger charge is 2.28. The third-order valence-corrected chi connectivity index (χ3v) is 4.37. The van der Waals surface area contributed by atoms with Crippen molar-refractivity contribution in [3.8, 4) is 0 Å². The maximum Gasteiger partial charge on any atom is 0.226 e. The van der Waals surface area contributed by atoms with Gasteiger partial charge in [-0.2, -0.15) is 0 Å². The first-order valence-electron chi connectivity index (χ1n) is 5.94. The summed E-state index contributed by atoms with van der Waals surface area (Å²) in [4.78, 5) is 7.68. The van der Waals surface area contributed by atoms with Gasteiger partial charge in [0.05, 0.1) is 17.7 Å². The van der Waals surface area contributed by atoms with Crippen LogP contribution in [0, 0.1) is 11.7 Å². The summed E-state index contributed by atoms with van der Waals surface area (Å²) >= 11 is 6.97. The maximum absolute atomic E-state index is 5.29. The van der Waals surface area contributed by atoms with Crippen LogP contribution in [0.4, 0.5) is 5.95 Å². The smallest absolute Gasteiger partial charge is 0.226 e. The second-order valence-corrected chi connectivity index (χ2v) is 5.97. The van der Waals surface area contributed by atoms with Gasteiger partial charge in [-0.25, -0.2) is 10.1 Å². The molecule has 5 nitrogen and oxygen atoms in total. The lowest BCUT2D eigenvalue weighted by Gasteiger charge is -2.18. The van der Waals surface area contributed by atoms with E-state index in [-0.39, 0.29) is 0 Å². The van der Waals surface area contributed by atoms with E-state index in [0.717, 1.165) is 23.0 Å². The number of H-pyrrole nitrogens is 1. The molecule has 1 saturated carbocycles. The van der Waals surface area contributed by atoms with Gasteiger partial charge in [0.25, 0.3) is 0 Å². The molecule has 1 aliphatic carbocycles. The SMILES string of the molecule is Cc1ncsc1CN(C)c1n[nH]c(=S)n1C1CC1. The summed E-state index contributed by atoms with van der Waals surface area (Å²) in [6, 6.07) is 0.538. The Morgan fingerprint density at radius 3 is 3.00 bits per heavy atom. The van der Waals surface area contributed by atoms with Gasteiger partial charge in [0.1, 0.15) is 0 Å². The van der Waals surface area contributed by atoms with E-state index in [2.05, 4.69) is 24.6 Å². The van der Waals surface area contributed by atoms with Crippen LogP contribution in [0.3, 0.4) is 0 Å². The fraction of sp³-hybridized carbons (Fsp3) is 0.545. The normalized spacial score (nSPS) is 15.0. The molecule has 1 fully saturated rings. The third-order valence-electron chi connectivity index (χ3n) is 3.16. The van der Waals surface area contributed by atoms with Crippen LogP contribution in [0.1, 0.15) is 29.5 Å². The van der Waals surface area contributed by atoms with Crippen LogP contribution in [0.2, 0.25) is 0 Å². The largest absolute Gasteiger partial charge is 0.339 e. The topological polar surface area (TPSA) is 49.7 Å². The number of aromatic nitrogens is 4. The highest BCUT2D eigenvalue weighted by Crippen LogP contribution is 2.37. The first-order chi connectivity index (χ1) is 8.66. The second kappa shape index (κ2) is 4.47. The molecule has 18 heavy (non-hydrogen) atoms. The molecule has 0 amide bonds.